The molecule has 29 heavy (non-hydrogen) atoms. The van der Waals surface area contributed by atoms with Crippen LogP contribution in [0.3, 0.4) is 0 Å². The Labute approximate surface area is 167 Å². The highest BCUT2D eigenvalue weighted by Crippen LogP contribution is 2.35. The summed E-state index contributed by atoms with van der Waals surface area (Å²) in [5, 5.41) is 17.7. The quantitative estimate of drug-likeness (QED) is 0.345. The van der Waals surface area contributed by atoms with Gasteiger partial charge in [0.1, 0.15) is 11.6 Å². The summed E-state index contributed by atoms with van der Waals surface area (Å²) in [6.45, 7) is 0. The van der Waals surface area contributed by atoms with E-state index in [2.05, 4.69) is 15.6 Å². The van der Waals surface area contributed by atoms with Crippen LogP contribution in [0.2, 0.25) is 0 Å². The van der Waals surface area contributed by atoms with Crippen molar-refractivity contribution in [1.82, 2.24) is 4.98 Å². The number of aromatic nitrogens is 1. The minimum absolute atomic E-state index is 0.201. The predicted molar refractivity (Wildman–Crippen MR) is 116 cm³/mol. The molecule has 5 heteroatoms. The molecule has 0 bridgehead atoms. The van der Waals surface area contributed by atoms with Gasteiger partial charge in [0.15, 0.2) is 0 Å². The number of nitrogens with one attached hydrogen (secondary N) is 2. The van der Waals surface area contributed by atoms with Crippen LogP contribution in [-0.2, 0) is 4.79 Å². The first kappa shape index (κ1) is 17.0. The number of anilines is 2. The molecule has 1 aliphatic rings. The summed E-state index contributed by atoms with van der Waals surface area (Å²) in [7, 11) is 0. The Morgan fingerprint density at radius 2 is 1.66 bits per heavy atom. The van der Waals surface area contributed by atoms with Crippen LogP contribution in [0, 0.1) is 0 Å². The first-order chi connectivity index (χ1) is 14.2. The molecule has 0 saturated carbocycles. The Balaban J connectivity index is 1.54. The summed E-state index contributed by atoms with van der Waals surface area (Å²) >= 11 is 0. The normalized spacial score (nSPS) is 14.1. The number of carbonyl (C=O) groups excluding carboxylic acids is 1. The van der Waals surface area contributed by atoms with Crippen LogP contribution in [-0.4, -0.2) is 16.0 Å². The molecule has 3 N–H and O–H groups in total. The van der Waals surface area contributed by atoms with Gasteiger partial charge in [-0.1, -0.05) is 54.6 Å². The average molecular weight is 379 g/mol. The van der Waals surface area contributed by atoms with Gasteiger partial charge in [-0.15, -0.1) is 0 Å². The lowest BCUT2D eigenvalue weighted by molar-refractivity contribution is -0.110. The number of pyridine rings is 1. The molecule has 0 aliphatic carbocycles. The second kappa shape index (κ2) is 6.80. The molecular formula is C24H17N3O2. The van der Waals surface area contributed by atoms with Crippen molar-refractivity contribution in [2.45, 2.75) is 0 Å². The molecule has 1 amide bonds. The zero-order chi connectivity index (χ0) is 19.8. The monoisotopic (exact) mass is 379 g/mol. The fraction of sp³-hybridized carbons (Fsp3) is 0. The minimum atomic E-state index is -0.201. The van der Waals surface area contributed by atoms with Crippen molar-refractivity contribution in [3.63, 3.8) is 0 Å². The van der Waals surface area contributed by atoms with E-state index in [1.54, 1.807) is 24.5 Å². The molecule has 4 aromatic rings. The van der Waals surface area contributed by atoms with Crippen LogP contribution < -0.4 is 10.6 Å². The fourth-order valence-corrected chi connectivity index (χ4v) is 3.56. The van der Waals surface area contributed by atoms with E-state index in [0.717, 1.165) is 33.2 Å². The number of fused-ring (bicyclic) bond motifs is 2. The average Bonchev–Trinajstić information content (AvgIpc) is 3.08. The number of hydrogen-bond acceptors (Lipinski definition) is 4. The summed E-state index contributed by atoms with van der Waals surface area (Å²) in [4.78, 5) is 16.9. The van der Waals surface area contributed by atoms with Gasteiger partial charge < -0.3 is 15.7 Å². The third-order valence-electron chi connectivity index (χ3n) is 5.03. The van der Waals surface area contributed by atoms with Gasteiger partial charge in [-0.05, 0) is 23.8 Å². The van der Waals surface area contributed by atoms with Gasteiger partial charge in [0.25, 0.3) is 5.91 Å². The molecule has 5 nitrogen and oxygen atoms in total. The lowest BCUT2D eigenvalue weighted by Crippen LogP contribution is -2.05. The fourth-order valence-electron chi connectivity index (χ4n) is 3.56. The molecule has 0 saturated heterocycles. The largest absolute Gasteiger partial charge is 0.507 e. The highest BCUT2D eigenvalue weighted by Gasteiger charge is 2.26. The molecule has 5 rings (SSSR count). The number of nitrogens with zero attached hydrogens (tertiary/aromatic N) is 1. The molecule has 140 valence electrons. The number of amides is 1. The number of benzene rings is 3. The van der Waals surface area contributed by atoms with Crippen molar-refractivity contribution < 1.29 is 9.90 Å². The summed E-state index contributed by atoms with van der Waals surface area (Å²) in [5.74, 6) is 0.575. The van der Waals surface area contributed by atoms with Crippen molar-refractivity contribution in [3.05, 3.63) is 90.8 Å². The van der Waals surface area contributed by atoms with Gasteiger partial charge in [0, 0.05) is 40.0 Å². The van der Waals surface area contributed by atoms with Crippen molar-refractivity contribution in [2.75, 3.05) is 10.6 Å². The molecule has 0 radical (unpaired) electrons. The predicted octanol–water partition coefficient (Wildman–Crippen LogP) is 5.01. The van der Waals surface area contributed by atoms with Crippen molar-refractivity contribution in [3.8, 4) is 16.9 Å². The summed E-state index contributed by atoms with van der Waals surface area (Å²) in [5.41, 5.74) is 4.06. The maximum atomic E-state index is 12.5. The van der Waals surface area contributed by atoms with E-state index >= 15 is 0 Å². The first-order valence-corrected chi connectivity index (χ1v) is 9.25. The topological polar surface area (TPSA) is 74.2 Å². The molecule has 0 atom stereocenters. The van der Waals surface area contributed by atoms with Gasteiger partial charge in [-0.3, -0.25) is 4.79 Å². The Bertz CT molecular complexity index is 1280. The standard InChI is InChI=1S/C24H17N3O2/c28-22-11-10-21(17-8-4-5-9-18(17)22)25-14-20-19-12-16(15-6-2-1-3-7-15)13-26-23(19)27-24(20)29/h1-14,25,28H,(H,26,27,29)/b20-14-. The molecule has 2 heterocycles. The smallest absolute Gasteiger partial charge is 0.259 e. The minimum Gasteiger partial charge on any atom is -0.507 e. The van der Waals surface area contributed by atoms with Crippen LogP contribution in [0.5, 0.6) is 5.75 Å². The van der Waals surface area contributed by atoms with E-state index in [4.69, 9.17) is 0 Å². The van der Waals surface area contributed by atoms with Crippen molar-refractivity contribution in [1.29, 1.82) is 0 Å². The van der Waals surface area contributed by atoms with Gasteiger partial charge >= 0.3 is 0 Å². The van der Waals surface area contributed by atoms with E-state index in [1.807, 2.05) is 60.7 Å². The zero-order valence-electron chi connectivity index (χ0n) is 15.4. The van der Waals surface area contributed by atoms with Crippen LogP contribution in [0.15, 0.2) is 85.2 Å². The van der Waals surface area contributed by atoms with Gasteiger partial charge in [0.2, 0.25) is 0 Å². The molecule has 0 spiro atoms. The van der Waals surface area contributed by atoms with E-state index < -0.39 is 0 Å². The number of hydrogen-bond donors (Lipinski definition) is 3. The molecule has 0 unspecified atom stereocenters. The lowest BCUT2D eigenvalue weighted by atomic mass is 10.0. The molecule has 0 fully saturated rings. The van der Waals surface area contributed by atoms with Gasteiger partial charge in [-0.2, -0.15) is 0 Å². The Morgan fingerprint density at radius 1 is 0.897 bits per heavy atom. The highest BCUT2D eigenvalue weighted by molar-refractivity contribution is 6.31. The van der Waals surface area contributed by atoms with Gasteiger partial charge in [-0.25, -0.2) is 4.98 Å². The van der Waals surface area contributed by atoms with E-state index in [9.17, 15) is 9.90 Å². The maximum absolute atomic E-state index is 12.5. The van der Waals surface area contributed by atoms with Crippen LogP contribution in [0.25, 0.3) is 27.5 Å². The van der Waals surface area contributed by atoms with E-state index in [1.165, 1.54) is 0 Å². The summed E-state index contributed by atoms with van der Waals surface area (Å²) in [6, 6.07) is 22.9. The third-order valence-corrected chi connectivity index (χ3v) is 5.03. The molecule has 1 aromatic heterocycles. The van der Waals surface area contributed by atoms with E-state index in [0.29, 0.717) is 11.4 Å². The van der Waals surface area contributed by atoms with Crippen molar-refractivity contribution >= 4 is 33.8 Å². The Morgan fingerprint density at radius 3 is 2.48 bits per heavy atom. The second-order valence-corrected chi connectivity index (χ2v) is 6.82. The summed E-state index contributed by atoms with van der Waals surface area (Å²) in [6.07, 6.45) is 3.45. The maximum Gasteiger partial charge on any atom is 0.259 e. The van der Waals surface area contributed by atoms with Crippen LogP contribution in [0.1, 0.15) is 5.56 Å². The molecular weight excluding hydrogens is 362 g/mol. The molecule has 1 aliphatic heterocycles. The number of carbonyl (C=O) groups is 1. The van der Waals surface area contributed by atoms with Gasteiger partial charge in [0.05, 0.1) is 5.57 Å². The highest BCUT2D eigenvalue weighted by atomic mass is 16.3. The number of phenols is 1. The number of rotatable bonds is 3. The SMILES string of the molecule is O=C1Nc2ncc(-c3ccccc3)cc2/C1=C/Nc1ccc(O)c2ccccc12. The number of phenolic OH excluding ortho intramolecular Hbond substituents is 1. The lowest BCUT2D eigenvalue weighted by Gasteiger charge is -2.09. The zero-order valence-corrected chi connectivity index (χ0v) is 15.4. The third kappa shape index (κ3) is 2.99. The summed E-state index contributed by atoms with van der Waals surface area (Å²) < 4.78 is 0. The first-order valence-electron chi connectivity index (χ1n) is 9.25. The van der Waals surface area contributed by atoms with E-state index in [-0.39, 0.29) is 11.7 Å². The molecule has 3 aromatic carbocycles. The van der Waals surface area contributed by atoms with Crippen LogP contribution >= 0.6 is 0 Å². The second-order valence-electron chi connectivity index (χ2n) is 6.82. The number of aromatic hydroxyl groups is 1. The Kier molecular flexibility index (Phi) is 3.99. The Hall–Kier alpha value is -4.12. The van der Waals surface area contributed by atoms with Crippen molar-refractivity contribution in [2.24, 2.45) is 0 Å². The van der Waals surface area contributed by atoms with Crippen LogP contribution in [0.4, 0.5) is 11.5 Å².